The van der Waals surface area contributed by atoms with Crippen molar-refractivity contribution in [3.05, 3.63) is 71.6 Å². The molecule has 5 heteroatoms. The predicted octanol–water partition coefficient (Wildman–Crippen LogP) is 3.76. The molecule has 0 aliphatic carbocycles. The van der Waals surface area contributed by atoms with Gasteiger partial charge in [-0.25, -0.2) is 13.2 Å². The van der Waals surface area contributed by atoms with Gasteiger partial charge in [-0.15, -0.1) is 0 Å². The van der Waals surface area contributed by atoms with Crippen LogP contribution < -0.4 is 5.32 Å². The number of hydrogen-bond donors (Lipinski definition) is 1. The van der Waals surface area contributed by atoms with Crippen LogP contribution in [0.5, 0.6) is 0 Å². The maximum Gasteiger partial charge on any atom is 0.248 e. The van der Waals surface area contributed by atoms with Gasteiger partial charge in [-0.05, 0) is 35.9 Å². The minimum Gasteiger partial charge on any atom is -0.322 e. The van der Waals surface area contributed by atoms with Crippen molar-refractivity contribution in [1.29, 1.82) is 0 Å². The van der Waals surface area contributed by atoms with Crippen molar-refractivity contribution in [2.45, 2.75) is 0 Å². The lowest BCUT2D eigenvalue weighted by atomic mass is 10.2. The Balaban J connectivity index is 2.01. The topological polar surface area (TPSA) is 29.1 Å². The molecule has 0 atom stereocenters. The summed E-state index contributed by atoms with van der Waals surface area (Å²) in [6, 6.07) is 8.63. The summed E-state index contributed by atoms with van der Waals surface area (Å²) in [5.41, 5.74) is 0.796. The average Bonchev–Trinajstić information content (AvgIpc) is 2.42. The van der Waals surface area contributed by atoms with Crippen molar-refractivity contribution in [2.24, 2.45) is 0 Å². The van der Waals surface area contributed by atoms with Gasteiger partial charge >= 0.3 is 0 Å². The van der Waals surface area contributed by atoms with E-state index >= 15 is 0 Å². The number of carbonyl (C=O) groups excluding carboxylic acids is 1. The summed E-state index contributed by atoms with van der Waals surface area (Å²) in [6.07, 6.45) is 2.70. The van der Waals surface area contributed by atoms with E-state index in [2.05, 4.69) is 5.32 Å². The molecule has 0 aliphatic rings. The molecule has 0 saturated heterocycles. The third kappa shape index (κ3) is 3.71. The van der Waals surface area contributed by atoms with Gasteiger partial charge in [-0.3, -0.25) is 4.79 Å². The number of amides is 1. The first-order chi connectivity index (χ1) is 9.54. The van der Waals surface area contributed by atoms with Crippen LogP contribution in [0.1, 0.15) is 5.56 Å². The fourth-order valence-electron chi connectivity index (χ4n) is 1.50. The molecule has 0 saturated carbocycles. The number of nitrogens with one attached hydrogen (secondary N) is 1. The summed E-state index contributed by atoms with van der Waals surface area (Å²) >= 11 is 0. The highest BCUT2D eigenvalue weighted by Crippen LogP contribution is 2.13. The lowest BCUT2D eigenvalue weighted by Crippen LogP contribution is -2.08. The molecule has 0 aromatic heterocycles. The zero-order valence-electron chi connectivity index (χ0n) is 10.2. The van der Waals surface area contributed by atoms with Gasteiger partial charge in [0.15, 0.2) is 11.6 Å². The van der Waals surface area contributed by atoms with E-state index in [-0.39, 0.29) is 11.5 Å². The van der Waals surface area contributed by atoms with Crippen LogP contribution in [0.4, 0.5) is 18.9 Å². The molecule has 102 valence electrons. The first-order valence-electron chi connectivity index (χ1n) is 5.74. The molecule has 0 fully saturated rings. The molecular formula is C15H10F3NO. The first kappa shape index (κ1) is 13.9. The Morgan fingerprint density at radius 3 is 2.30 bits per heavy atom. The van der Waals surface area contributed by atoms with E-state index in [1.54, 1.807) is 0 Å². The standard InChI is InChI=1S/C15H10F3NO/c16-11-4-1-10(2-5-11)3-8-15(20)19-12-6-7-13(17)14(18)9-12/h1-9H,(H,19,20). The Bertz CT molecular complexity index is 651. The highest BCUT2D eigenvalue weighted by molar-refractivity contribution is 6.01. The minimum atomic E-state index is -1.04. The molecule has 0 radical (unpaired) electrons. The molecule has 1 N–H and O–H groups in total. The number of hydrogen-bond acceptors (Lipinski definition) is 1. The molecule has 0 spiro atoms. The van der Waals surface area contributed by atoms with Crippen LogP contribution in [0.3, 0.4) is 0 Å². The van der Waals surface area contributed by atoms with Gasteiger partial charge in [-0.2, -0.15) is 0 Å². The van der Waals surface area contributed by atoms with Crippen LogP contribution in [-0.2, 0) is 4.79 Å². The monoisotopic (exact) mass is 277 g/mol. The fourth-order valence-corrected chi connectivity index (χ4v) is 1.50. The molecule has 0 aliphatic heterocycles. The number of rotatable bonds is 3. The Hall–Kier alpha value is -2.56. The van der Waals surface area contributed by atoms with Crippen LogP contribution in [0.15, 0.2) is 48.5 Å². The molecule has 1 amide bonds. The second-order valence-electron chi connectivity index (χ2n) is 4.00. The summed E-state index contributed by atoms with van der Waals surface area (Å²) in [4.78, 5) is 11.6. The average molecular weight is 277 g/mol. The number of anilines is 1. The van der Waals surface area contributed by atoms with E-state index in [1.165, 1.54) is 42.5 Å². The van der Waals surface area contributed by atoms with Gasteiger partial charge in [0, 0.05) is 17.8 Å². The smallest absolute Gasteiger partial charge is 0.248 e. The van der Waals surface area contributed by atoms with Crippen molar-refractivity contribution in [3.63, 3.8) is 0 Å². The van der Waals surface area contributed by atoms with Crippen molar-refractivity contribution in [2.75, 3.05) is 5.32 Å². The third-order valence-electron chi connectivity index (χ3n) is 2.48. The molecule has 0 unspecified atom stereocenters. The Kier molecular flexibility index (Phi) is 4.20. The SMILES string of the molecule is O=C(C=Cc1ccc(F)cc1)Nc1ccc(F)c(F)c1. The van der Waals surface area contributed by atoms with Crippen LogP contribution in [0.2, 0.25) is 0 Å². The highest BCUT2D eigenvalue weighted by atomic mass is 19.2. The zero-order valence-corrected chi connectivity index (χ0v) is 10.2. The molecule has 2 rings (SSSR count). The molecule has 2 aromatic carbocycles. The number of benzene rings is 2. The van der Waals surface area contributed by atoms with Crippen molar-refractivity contribution in [3.8, 4) is 0 Å². The highest BCUT2D eigenvalue weighted by Gasteiger charge is 2.04. The molecule has 2 aromatic rings. The van der Waals surface area contributed by atoms with Gasteiger partial charge in [0.25, 0.3) is 0 Å². The normalized spacial score (nSPS) is 10.8. The van der Waals surface area contributed by atoms with Crippen LogP contribution in [0.25, 0.3) is 6.08 Å². The van der Waals surface area contributed by atoms with Gasteiger partial charge < -0.3 is 5.32 Å². The molecule has 2 nitrogen and oxygen atoms in total. The maximum atomic E-state index is 12.9. The third-order valence-corrected chi connectivity index (χ3v) is 2.48. The predicted molar refractivity (Wildman–Crippen MR) is 70.4 cm³/mol. The van der Waals surface area contributed by atoms with Crippen molar-refractivity contribution < 1.29 is 18.0 Å². The van der Waals surface area contributed by atoms with Crippen LogP contribution in [0, 0.1) is 17.5 Å². The second kappa shape index (κ2) is 6.06. The Labute approximate surface area is 113 Å². The quantitative estimate of drug-likeness (QED) is 0.850. The lowest BCUT2D eigenvalue weighted by Gasteiger charge is -2.02. The minimum absolute atomic E-state index is 0.151. The summed E-state index contributed by atoms with van der Waals surface area (Å²) in [7, 11) is 0. The van der Waals surface area contributed by atoms with Crippen LogP contribution in [-0.4, -0.2) is 5.91 Å². The summed E-state index contributed by atoms with van der Waals surface area (Å²) < 4.78 is 38.3. The van der Waals surface area contributed by atoms with Crippen molar-refractivity contribution in [1.82, 2.24) is 0 Å². The van der Waals surface area contributed by atoms with E-state index in [1.807, 2.05) is 0 Å². The van der Waals surface area contributed by atoms with E-state index in [4.69, 9.17) is 0 Å². The van der Waals surface area contributed by atoms with Crippen LogP contribution >= 0.6 is 0 Å². The number of halogens is 3. The van der Waals surface area contributed by atoms with Gasteiger partial charge in [0.1, 0.15) is 5.82 Å². The van der Waals surface area contributed by atoms with E-state index < -0.39 is 17.5 Å². The molecule has 0 heterocycles. The summed E-state index contributed by atoms with van der Waals surface area (Å²) in [5, 5.41) is 2.39. The van der Waals surface area contributed by atoms with Crippen molar-refractivity contribution >= 4 is 17.7 Å². The zero-order chi connectivity index (χ0) is 14.5. The molecule has 0 bridgehead atoms. The lowest BCUT2D eigenvalue weighted by molar-refractivity contribution is -0.111. The van der Waals surface area contributed by atoms with E-state index in [9.17, 15) is 18.0 Å². The van der Waals surface area contributed by atoms with E-state index in [0.717, 1.165) is 12.1 Å². The van der Waals surface area contributed by atoms with Gasteiger partial charge in [-0.1, -0.05) is 12.1 Å². The summed E-state index contributed by atoms with van der Waals surface area (Å²) in [6.45, 7) is 0. The Morgan fingerprint density at radius 1 is 0.950 bits per heavy atom. The second-order valence-corrected chi connectivity index (χ2v) is 4.00. The van der Waals surface area contributed by atoms with E-state index in [0.29, 0.717) is 5.56 Å². The fraction of sp³-hybridized carbons (Fsp3) is 0. The first-order valence-corrected chi connectivity index (χ1v) is 5.74. The summed E-state index contributed by atoms with van der Waals surface area (Å²) in [5.74, 6) is -2.89. The number of carbonyl (C=O) groups is 1. The van der Waals surface area contributed by atoms with Gasteiger partial charge in [0.2, 0.25) is 5.91 Å². The van der Waals surface area contributed by atoms with Gasteiger partial charge in [0.05, 0.1) is 0 Å². The largest absolute Gasteiger partial charge is 0.322 e. The molecule has 20 heavy (non-hydrogen) atoms. The Morgan fingerprint density at radius 2 is 1.65 bits per heavy atom. The maximum absolute atomic E-state index is 12.9. The molecular weight excluding hydrogens is 267 g/mol.